The third-order valence-corrected chi connectivity index (χ3v) is 7.84. The molecule has 1 aliphatic heterocycles. The average Bonchev–Trinajstić information content (AvgIpc) is 3.08. The van der Waals surface area contributed by atoms with E-state index in [1.54, 1.807) is 18.2 Å². The van der Waals surface area contributed by atoms with E-state index >= 15 is 4.39 Å². The van der Waals surface area contributed by atoms with Crippen molar-refractivity contribution >= 4 is 22.5 Å². The highest BCUT2D eigenvalue weighted by Crippen LogP contribution is 2.38. The molecule has 2 aromatic heterocycles. The Balaban J connectivity index is 1.15. The van der Waals surface area contributed by atoms with Gasteiger partial charge < -0.3 is 24.4 Å². The second kappa shape index (κ2) is 14.4. The Morgan fingerprint density at radius 1 is 0.938 bits per heavy atom. The van der Waals surface area contributed by atoms with Crippen molar-refractivity contribution in [1.82, 2.24) is 24.6 Å². The first-order valence-corrected chi connectivity index (χ1v) is 15.4. The van der Waals surface area contributed by atoms with Crippen molar-refractivity contribution in [3.8, 4) is 28.7 Å². The molecule has 1 fully saturated rings. The second-order valence-corrected chi connectivity index (χ2v) is 11.1. The third kappa shape index (κ3) is 7.33. The molecule has 1 aliphatic rings. The molecular formula is C34H32F2N6O6. The Bertz CT molecular complexity index is 2060. The van der Waals surface area contributed by atoms with Crippen molar-refractivity contribution in [1.29, 1.82) is 0 Å². The minimum absolute atomic E-state index is 0.00563. The van der Waals surface area contributed by atoms with Gasteiger partial charge in [0, 0.05) is 35.9 Å². The van der Waals surface area contributed by atoms with Gasteiger partial charge in [0.15, 0.2) is 23.1 Å². The normalized spacial score (nSPS) is 13.3. The van der Waals surface area contributed by atoms with E-state index in [4.69, 9.17) is 14.2 Å². The summed E-state index contributed by atoms with van der Waals surface area (Å²) in [6.07, 6.45) is 6.18. The van der Waals surface area contributed by atoms with Crippen molar-refractivity contribution in [2.24, 2.45) is 0 Å². The van der Waals surface area contributed by atoms with E-state index in [9.17, 15) is 18.8 Å². The smallest absolute Gasteiger partial charge is 0.349 e. The molecule has 2 N–H and O–H groups in total. The van der Waals surface area contributed by atoms with Gasteiger partial charge in [0.25, 0.3) is 11.5 Å². The summed E-state index contributed by atoms with van der Waals surface area (Å²) >= 11 is 0. The van der Waals surface area contributed by atoms with Crippen LogP contribution in [0.3, 0.4) is 0 Å². The second-order valence-electron chi connectivity index (χ2n) is 11.1. The Morgan fingerprint density at radius 3 is 2.48 bits per heavy atom. The van der Waals surface area contributed by atoms with Crippen LogP contribution in [0, 0.1) is 11.6 Å². The number of H-pyrrole nitrogens is 1. The predicted molar refractivity (Wildman–Crippen MR) is 174 cm³/mol. The fourth-order valence-corrected chi connectivity index (χ4v) is 5.42. The minimum atomic E-state index is -1.05. The number of anilines is 1. The topological polar surface area (TPSA) is 141 Å². The molecule has 48 heavy (non-hydrogen) atoms. The molecule has 0 radical (unpaired) electrons. The summed E-state index contributed by atoms with van der Waals surface area (Å²) in [5.74, 6) is -1.17. The maximum atomic E-state index is 15.3. The molecule has 3 aromatic carbocycles. The number of rotatable bonds is 11. The number of pyridine rings is 1. The van der Waals surface area contributed by atoms with Crippen LogP contribution in [-0.2, 0) is 0 Å². The molecule has 14 heteroatoms. The number of methoxy groups -OCH3 is 1. The van der Waals surface area contributed by atoms with Crippen molar-refractivity contribution < 1.29 is 27.8 Å². The van der Waals surface area contributed by atoms with E-state index in [-0.39, 0.29) is 17.1 Å². The molecular weight excluding hydrogens is 626 g/mol. The van der Waals surface area contributed by atoms with Crippen molar-refractivity contribution in [3.63, 3.8) is 0 Å². The number of nitrogens with one attached hydrogen (secondary N) is 2. The van der Waals surface area contributed by atoms with Crippen LogP contribution in [0.5, 0.6) is 23.0 Å². The van der Waals surface area contributed by atoms with Gasteiger partial charge in [0.1, 0.15) is 11.6 Å². The number of hydrogen-bond acceptors (Lipinski definition) is 9. The first kappa shape index (κ1) is 32.3. The molecule has 12 nitrogen and oxygen atoms in total. The van der Waals surface area contributed by atoms with E-state index in [0.29, 0.717) is 34.8 Å². The first-order valence-electron chi connectivity index (χ1n) is 15.4. The quantitative estimate of drug-likeness (QED) is 0.187. The standard InChI is InChI=1S/C34H32F2N6O6/c1-46-29-19-24-26(20-30(29)47-17-5-16-41-14-3-2-4-15-41)37-13-12-27(24)48-28-11-8-22(18-25(28)36)38-32(43)31-33(44)39-34(45)42(40-31)23-9-6-21(35)7-10-23/h6-13,18-20H,2-5,14-17H2,1H3,(H,38,43)(H,39,44,45). The van der Waals surface area contributed by atoms with E-state index in [1.807, 2.05) is 4.98 Å². The Morgan fingerprint density at radius 2 is 1.73 bits per heavy atom. The number of ether oxygens (including phenoxy) is 3. The van der Waals surface area contributed by atoms with Crippen LogP contribution in [-0.4, -0.2) is 63.9 Å². The number of likely N-dealkylation sites (tertiary alicyclic amines) is 1. The van der Waals surface area contributed by atoms with E-state index in [0.717, 1.165) is 48.9 Å². The van der Waals surface area contributed by atoms with Crippen molar-refractivity contribution in [3.05, 3.63) is 105 Å². The lowest BCUT2D eigenvalue weighted by molar-refractivity contribution is 0.101. The minimum Gasteiger partial charge on any atom is -0.493 e. The highest BCUT2D eigenvalue weighted by molar-refractivity contribution is 6.02. The van der Waals surface area contributed by atoms with E-state index in [1.165, 1.54) is 56.8 Å². The number of benzene rings is 3. The monoisotopic (exact) mass is 658 g/mol. The number of carbonyl (C=O) groups excluding carboxylic acids is 1. The summed E-state index contributed by atoms with van der Waals surface area (Å²) in [5, 5.41) is 6.79. The lowest BCUT2D eigenvalue weighted by Crippen LogP contribution is -2.37. The average molecular weight is 659 g/mol. The van der Waals surface area contributed by atoms with Crippen LogP contribution in [0.15, 0.2) is 76.4 Å². The van der Waals surface area contributed by atoms with Crippen molar-refractivity contribution in [2.45, 2.75) is 25.7 Å². The molecule has 5 aromatic rings. The number of nitrogens with zero attached hydrogens (tertiary/aromatic N) is 4. The number of piperidine rings is 1. The summed E-state index contributed by atoms with van der Waals surface area (Å²) in [6, 6.07) is 13.5. The van der Waals surface area contributed by atoms with Gasteiger partial charge >= 0.3 is 5.69 Å². The molecule has 3 heterocycles. The van der Waals surface area contributed by atoms with Gasteiger partial charge in [0.05, 0.1) is 24.9 Å². The number of aromatic amines is 1. The first-order chi connectivity index (χ1) is 23.3. The third-order valence-electron chi connectivity index (χ3n) is 7.84. The predicted octanol–water partition coefficient (Wildman–Crippen LogP) is 5.06. The fourth-order valence-electron chi connectivity index (χ4n) is 5.42. The van der Waals surface area contributed by atoms with Crippen LogP contribution >= 0.6 is 0 Å². The fraction of sp³-hybridized carbons (Fsp3) is 0.265. The van der Waals surface area contributed by atoms with E-state index < -0.39 is 34.5 Å². The molecule has 1 amide bonds. The van der Waals surface area contributed by atoms with Crippen LogP contribution in [0.2, 0.25) is 0 Å². The van der Waals surface area contributed by atoms with Crippen molar-refractivity contribution in [2.75, 3.05) is 38.7 Å². The maximum absolute atomic E-state index is 15.3. The SMILES string of the molecule is COc1cc2c(Oc3ccc(NC(=O)c4nn(-c5ccc(F)cc5)c(=O)[nH]c4=O)cc3F)ccnc2cc1OCCCN1CCCCC1. The molecule has 0 saturated carbocycles. The number of amides is 1. The molecule has 0 atom stereocenters. The highest BCUT2D eigenvalue weighted by atomic mass is 19.1. The van der Waals surface area contributed by atoms with Gasteiger partial charge in [-0.05, 0) is 80.9 Å². The zero-order valence-electron chi connectivity index (χ0n) is 26.0. The van der Waals surface area contributed by atoms with Gasteiger partial charge in [-0.3, -0.25) is 19.6 Å². The Labute approximate surface area is 272 Å². The van der Waals surface area contributed by atoms with Gasteiger partial charge in [-0.15, -0.1) is 0 Å². The van der Waals surface area contributed by atoms with Crippen LogP contribution in [0.1, 0.15) is 36.2 Å². The van der Waals surface area contributed by atoms with Crippen LogP contribution < -0.4 is 30.8 Å². The van der Waals surface area contributed by atoms with Gasteiger partial charge in [-0.25, -0.2) is 13.6 Å². The number of fused-ring (bicyclic) bond motifs is 1. The van der Waals surface area contributed by atoms with E-state index in [2.05, 4.69) is 20.3 Å². The lowest BCUT2D eigenvalue weighted by Gasteiger charge is -2.26. The molecule has 0 unspecified atom stereocenters. The lowest BCUT2D eigenvalue weighted by atomic mass is 10.1. The zero-order chi connectivity index (χ0) is 33.6. The number of aromatic nitrogens is 4. The van der Waals surface area contributed by atoms with Crippen LogP contribution in [0.4, 0.5) is 14.5 Å². The molecule has 0 spiro atoms. The Hall–Kier alpha value is -5.63. The summed E-state index contributed by atoms with van der Waals surface area (Å²) in [5.41, 5.74) is -1.97. The summed E-state index contributed by atoms with van der Waals surface area (Å²) in [4.78, 5) is 46.4. The highest BCUT2D eigenvalue weighted by Gasteiger charge is 2.19. The molecule has 248 valence electrons. The zero-order valence-corrected chi connectivity index (χ0v) is 26.0. The summed E-state index contributed by atoms with van der Waals surface area (Å²) in [6.45, 7) is 3.74. The van der Waals surface area contributed by atoms with Crippen LogP contribution in [0.25, 0.3) is 16.6 Å². The number of hydrogen-bond donors (Lipinski definition) is 2. The molecule has 1 saturated heterocycles. The number of halogens is 2. The molecule has 6 rings (SSSR count). The summed E-state index contributed by atoms with van der Waals surface area (Å²) < 4.78 is 46.9. The maximum Gasteiger partial charge on any atom is 0.349 e. The Kier molecular flexibility index (Phi) is 9.71. The molecule has 0 bridgehead atoms. The molecule has 0 aliphatic carbocycles. The summed E-state index contributed by atoms with van der Waals surface area (Å²) in [7, 11) is 1.53. The van der Waals surface area contributed by atoms with Gasteiger partial charge in [-0.2, -0.15) is 9.78 Å². The van der Waals surface area contributed by atoms with Gasteiger partial charge in [0.2, 0.25) is 5.69 Å². The largest absolute Gasteiger partial charge is 0.493 e. The number of carbonyl (C=O) groups is 1. The van der Waals surface area contributed by atoms with Gasteiger partial charge in [-0.1, -0.05) is 6.42 Å².